The van der Waals surface area contributed by atoms with Gasteiger partial charge in [-0.05, 0) is 43.3 Å². The Bertz CT molecular complexity index is 1080. The number of nitrogens with zero attached hydrogens (tertiary/aromatic N) is 2. The summed E-state index contributed by atoms with van der Waals surface area (Å²) >= 11 is 0. The molecule has 0 saturated carbocycles. The molecule has 0 unspecified atom stereocenters. The van der Waals surface area contributed by atoms with Crippen LogP contribution in [0.5, 0.6) is 0 Å². The first-order chi connectivity index (χ1) is 14.2. The molecule has 2 amide bonds. The Morgan fingerprint density at radius 3 is 2.30 bits per heavy atom. The maximum atomic E-state index is 14.0. The Balaban J connectivity index is 1.91. The molecule has 1 aromatic heterocycles. The van der Waals surface area contributed by atoms with E-state index in [1.54, 1.807) is 6.92 Å². The number of nitrogens with one attached hydrogen (secondary N) is 2. The fourth-order valence-corrected chi connectivity index (χ4v) is 2.76. The number of hydrogen-bond donors (Lipinski definition) is 2. The zero-order valence-corrected chi connectivity index (χ0v) is 15.6. The lowest BCUT2D eigenvalue weighted by Crippen LogP contribution is -2.23. The van der Waals surface area contributed by atoms with E-state index in [2.05, 4.69) is 15.7 Å². The molecule has 0 aliphatic rings. The van der Waals surface area contributed by atoms with Gasteiger partial charge in [0.05, 0.1) is 11.8 Å². The average molecular weight is 420 g/mol. The van der Waals surface area contributed by atoms with Crippen LogP contribution in [0.2, 0.25) is 0 Å². The van der Waals surface area contributed by atoms with Crippen molar-refractivity contribution < 1.29 is 27.2 Å². The molecular weight excluding hydrogens is 404 g/mol. The van der Waals surface area contributed by atoms with Gasteiger partial charge in [0, 0.05) is 17.8 Å². The number of rotatable bonds is 5. The van der Waals surface area contributed by atoms with Gasteiger partial charge in [0.2, 0.25) is 0 Å². The number of aromatic nitrogens is 2. The summed E-state index contributed by atoms with van der Waals surface area (Å²) in [4.78, 5) is 24.2. The van der Waals surface area contributed by atoms with Gasteiger partial charge in [0.15, 0.2) is 5.69 Å². The maximum absolute atomic E-state index is 14.0. The van der Waals surface area contributed by atoms with E-state index in [0.29, 0.717) is 16.8 Å². The van der Waals surface area contributed by atoms with Crippen molar-refractivity contribution in [2.45, 2.75) is 13.1 Å². The van der Waals surface area contributed by atoms with Gasteiger partial charge in [-0.3, -0.25) is 9.59 Å². The molecular formula is C20H16F4N4O2. The quantitative estimate of drug-likeness (QED) is 0.612. The monoisotopic (exact) mass is 420 g/mol. The Labute approximate surface area is 168 Å². The zero-order valence-electron chi connectivity index (χ0n) is 15.6. The van der Waals surface area contributed by atoms with Gasteiger partial charge in [0.1, 0.15) is 11.5 Å². The third-order valence-corrected chi connectivity index (χ3v) is 4.11. The number of halogens is 4. The van der Waals surface area contributed by atoms with Crippen LogP contribution in [0.1, 0.15) is 33.3 Å². The number of anilines is 1. The number of benzene rings is 2. The Kier molecular flexibility index (Phi) is 5.86. The zero-order chi connectivity index (χ0) is 21.9. The number of carbonyl (C=O) groups is 2. The first-order valence-electron chi connectivity index (χ1n) is 8.82. The molecule has 0 radical (unpaired) electrons. The predicted molar refractivity (Wildman–Crippen MR) is 101 cm³/mol. The van der Waals surface area contributed by atoms with Crippen molar-refractivity contribution in [3.63, 3.8) is 0 Å². The van der Waals surface area contributed by atoms with Crippen molar-refractivity contribution in [2.75, 3.05) is 11.9 Å². The fourth-order valence-electron chi connectivity index (χ4n) is 2.76. The van der Waals surface area contributed by atoms with Crippen molar-refractivity contribution in [1.82, 2.24) is 15.1 Å². The SMILES string of the molecule is CCNC(=O)c1ccc(NC(=O)c2cnn(-c3ccccc3F)c2C(F)(F)F)cc1. The largest absolute Gasteiger partial charge is 0.434 e. The van der Waals surface area contributed by atoms with Gasteiger partial charge < -0.3 is 10.6 Å². The number of carbonyl (C=O) groups excluding carboxylic acids is 2. The fraction of sp³-hybridized carbons (Fsp3) is 0.150. The second kappa shape index (κ2) is 8.36. The molecule has 0 bridgehead atoms. The Morgan fingerprint density at radius 1 is 1.03 bits per heavy atom. The second-order valence-electron chi connectivity index (χ2n) is 6.16. The van der Waals surface area contributed by atoms with Crippen molar-refractivity contribution in [1.29, 1.82) is 0 Å². The van der Waals surface area contributed by atoms with Crippen molar-refractivity contribution in [3.05, 3.63) is 77.4 Å². The Hall–Kier alpha value is -3.69. The smallest absolute Gasteiger partial charge is 0.352 e. The molecule has 10 heteroatoms. The molecule has 0 atom stereocenters. The topological polar surface area (TPSA) is 76.0 Å². The molecule has 3 rings (SSSR count). The van der Waals surface area contributed by atoms with Crippen LogP contribution >= 0.6 is 0 Å². The van der Waals surface area contributed by atoms with E-state index in [1.165, 1.54) is 36.4 Å². The number of hydrogen-bond acceptors (Lipinski definition) is 3. The van der Waals surface area contributed by atoms with Gasteiger partial charge in [-0.15, -0.1) is 0 Å². The molecule has 30 heavy (non-hydrogen) atoms. The van der Waals surface area contributed by atoms with Crippen LogP contribution < -0.4 is 10.6 Å². The van der Waals surface area contributed by atoms with Crippen LogP contribution in [0.15, 0.2) is 54.7 Å². The summed E-state index contributed by atoms with van der Waals surface area (Å²) in [6.07, 6.45) is -4.23. The van der Waals surface area contributed by atoms with Gasteiger partial charge in [-0.25, -0.2) is 9.07 Å². The molecule has 1 heterocycles. The van der Waals surface area contributed by atoms with E-state index in [0.717, 1.165) is 18.3 Å². The average Bonchev–Trinajstić information content (AvgIpc) is 3.15. The lowest BCUT2D eigenvalue weighted by atomic mass is 10.1. The second-order valence-corrected chi connectivity index (χ2v) is 6.16. The van der Waals surface area contributed by atoms with Gasteiger partial charge in [-0.1, -0.05) is 12.1 Å². The summed E-state index contributed by atoms with van der Waals surface area (Å²) in [7, 11) is 0. The highest BCUT2D eigenvalue weighted by atomic mass is 19.4. The molecule has 0 spiro atoms. The third kappa shape index (κ3) is 4.32. The molecule has 0 fully saturated rings. The predicted octanol–water partition coefficient (Wildman–Crippen LogP) is 4.03. The lowest BCUT2D eigenvalue weighted by Gasteiger charge is -2.13. The van der Waals surface area contributed by atoms with Crippen LogP contribution in [-0.4, -0.2) is 28.1 Å². The summed E-state index contributed by atoms with van der Waals surface area (Å²) in [6, 6.07) is 10.4. The van der Waals surface area contributed by atoms with E-state index < -0.39 is 34.8 Å². The van der Waals surface area contributed by atoms with Crippen LogP contribution in [0.25, 0.3) is 5.69 Å². The minimum atomic E-state index is -4.96. The lowest BCUT2D eigenvalue weighted by molar-refractivity contribution is -0.143. The molecule has 6 nitrogen and oxygen atoms in total. The van der Waals surface area contributed by atoms with E-state index >= 15 is 0 Å². The van der Waals surface area contributed by atoms with Crippen molar-refractivity contribution in [2.24, 2.45) is 0 Å². The molecule has 2 N–H and O–H groups in total. The highest BCUT2D eigenvalue weighted by molar-refractivity contribution is 6.05. The first-order valence-corrected chi connectivity index (χ1v) is 8.82. The van der Waals surface area contributed by atoms with E-state index in [1.807, 2.05) is 0 Å². The summed E-state index contributed by atoms with van der Waals surface area (Å²) in [6.45, 7) is 2.19. The molecule has 0 aliphatic carbocycles. The summed E-state index contributed by atoms with van der Waals surface area (Å²) < 4.78 is 55.3. The number of alkyl halides is 3. The minimum Gasteiger partial charge on any atom is -0.352 e. The van der Waals surface area contributed by atoms with E-state index in [-0.39, 0.29) is 11.6 Å². The van der Waals surface area contributed by atoms with Crippen molar-refractivity contribution >= 4 is 17.5 Å². The molecule has 2 aromatic carbocycles. The maximum Gasteiger partial charge on any atom is 0.434 e. The van der Waals surface area contributed by atoms with E-state index in [9.17, 15) is 27.2 Å². The molecule has 156 valence electrons. The van der Waals surface area contributed by atoms with E-state index in [4.69, 9.17) is 0 Å². The van der Waals surface area contributed by atoms with Crippen LogP contribution in [0, 0.1) is 5.82 Å². The standard InChI is InChI=1S/C20H16F4N4O2/c1-2-25-18(29)12-7-9-13(10-8-12)27-19(30)14-11-26-28(17(14)20(22,23)24)16-6-4-3-5-15(16)21/h3-11H,2H2,1H3,(H,25,29)(H,27,30). The minimum absolute atomic E-state index is 0.180. The van der Waals surface area contributed by atoms with Crippen LogP contribution in [0.3, 0.4) is 0 Å². The van der Waals surface area contributed by atoms with Crippen LogP contribution in [-0.2, 0) is 6.18 Å². The first kappa shape index (κ1) is 21.0. The summed E-state index contributed by atoms with van der Waals surface area (Å²) in [5, 5.41) is 8.51. The normalized spacial score (nSPS) is 11.2. The molecule has 3 aromatic rings. The molecule has 0 saturated heterocycles. The highest BCUT2D eigenvalue weighted by Crippen LogP contribution is 2.34. The van der Waals surface area contributed by atoms with Crippen molar-refractivity contribution in [3.8, 4) is 5.69 Å². The Morgan fingerprint density at radius 2 is 1.70 bits per heavy atom. The third-order valence-electron chi connectivity index (χ3n) is 4.11. The van der Waals surface area contributed by atoms with Gasteiger partial charge in [0.25, 0.3) is 11.8 Å². The van der Waals surface area contributed by atoms with Gasteiger partial charge in [-0.2, -0.15) is 18.3 Å². The summed E-state index contributed by atoms with van der Waals surface area (Å²) in [5.74, 6) is -2.31. The van der Waals surface area contributed by atoms with Crippen LogP contribution in [0.4, 0.5) is 23.2 Å². The summed E-state index contributed by atoms with van der Waals surface area (Å²) in [5.41, 5.74) is -2.09. The van der Waals surface area contributed by atoms with Gasteiger partial charge >= 0.3 is 6.18 Å². The molecule has 0 aliphatic heterocycles. The number of para-hydroxylation sites is 1. The number of amides is 2. The highest BCUT2D eigenvalue weighted by Gasteiger charge is 2.41.